The number of methoxy groups -OCH3 is 1. The molecule has 3 rings (SSSR count). The zero-order valence-corrected chi connectivity index (χ0v) is 12.9. The topological polar surface area (TPSA) is 97.2 Å². The van der Waals surface area contributed by atoms with Crippen molar-refractivity contribution in [3.05, 3.63) is 70.5 Å². The maximum absolute atomic E-state index is 12.2. The molecule has 24 heavy (non-hydrogen) atoms. The maximum atomic E-state index is 12.2. The summed E-state index contributed by atoms with van der Waals surface area (Å²) >= 11 is 0. The number of hydrogen-bond acceptors (Lipinski definition) is 5. The zero-order chi connectivity index (χ0) is 16.9. The number of nitrogens with zero attached hydrogens (tertiary/aromatic N) is 1. The molecule has 2 N–H and O–H groups in total. The SMILES string of the molecule is COc1ccc(CNC(=O)c2cc(-c3ccco3)[nH]c(=O)n2)cc1. The summed E-state index contributed by atoms with van der Waals surface area (Å²) in [5.74, 6) is 0.757. The third kappa shape index (κ3) is 3.52. The van der Waals surface area contributed by atoms with Gasteiger partial charge in [-0.05, 0) is 35.9 Å². The predicted octanol–water partition coefficient (Wildman–Crippen LogP) is 1.97. The lowest BCUT2D eigenvalue weighted by Crippen LogP contribution is -2.27. The summed E-state index contributed by atoms with van der Waals surface area (Å²) in [6.45, 7) is 0.313. The average Bonchev–Trinajstić information content (AvgIpc) is 3.14. The number of aromatic nitrogens is 2. The number of aromatic amines is 1. The molecule has 2 aromatic heterocycles. The van der Waals surface area contributed by atoms with Crippen LogP contribution in [0.3, 0.4) is 0 Å². The van der Waals surface area contributed by atoms with E-state index < -0.39 is 11.6 Å². The van der Waals surface area contributed by atoms with Crippen molar-refractivity contribution < 1.29 is 13.9 Å². The number of ether oxygens (including phenoxy) is 1. The number of furan rings is 1. The second-order valence-electron chi connectivity index (χ2n) is 4.99. The summed E-state index contributed by atoms with van der Waals surface area (Å²) in [5, 5.41) is 2.73. The van der Waals surface area contributed by atoms with Gasteiger partial charge in [0.1, 0.15) is 17.2 Å². The van der Waals surface area contributed by atoms with Gasteiger partial charge in [0, 0.05) is 6.54 Å². The summed E-state index contributed by atoms with van der Waals surface area (Å²) in [6.07, 6.45) is 1.48. The number of H-pyrrole nitrogens is 1. The molecule has 0 aliphatic heterocycles. The van der Waals surface area contributed by atoms with Crippen LogP contribution in [0.25, 0.3) is 11.5 Å². The first-order valence-corrected chi connectivity index (χ1v) is 7.22. The van der Waals surface area contributed by atoms with Crippen molar-refractivity contribution in [2.24, 2.45) is 0 Å². The number of nitrogens with one attached hydrogen (secondary N) is 2. The number of hydrogen-bond donors (Lipinski definition) is 2. The fourth-order valence-electron chi connectivity index (χ4n) is 2.15. The molecule has 0 bridgehead atoms. The second kappa shape index (κ2) is 6.82. The molecule has 122 valence electrons. The molecule has 0 unspecified atom stereocenters. The highest BCUT2D eigenvalue weighted by Crippen LogP contribution is 2.16. The lowest BCUT2D eigenvalue weighted by molar-refractivity contribution is 0.0945. The fraction of sp³-hybridized carbons (Fsp3) is 0.118. The van der Waals surface area contributed by atoms with Crippen LogP contribution in [0.1, 0.15) is 16.1 Å². The van der Waals surface area contributed by atoms with Gasteiger partial charge in [0.15, 0.2) is 0 Å². The molecule has 0 radical (unpaired) electrons. The number of rotatable bonds is 5. The van der Waals surface area contributed by atoms with Gasteiger partial charge in [-0.25, -0.2) is 4.79 Å². The van der Waals surface area contributed by atoms with Crippen molar-refractivity contribution in [2.45, 2.75) is 6.54 Å². The van der Waals surface area contributed by atoms with Gasteiger partial charge < -0.3 is 19.5 Å². The third-order valence-corrected chi connectivity index (χ3v) is 3.38. The lowest BCUT2D eigenvalue weighted by atomic mass is 10.2. The lowest BCUT2D eigenvalue weighted by Gasteiger charge is -2.06. The van der Waals surface area contributed by atoms with Gasteiger partial charge in [0.05, 0.1) is 19.1 Å². The highest BCUT2D eigenvalue weighted by molar-refractivity contribution is 5.92. The van der Waals surface area contributed by atoms with E-state index >= 15 is 0 Å². The standard InChI is InChI=1S/C17H15N3O4/c1-23-12-6-4-11(5-7-12)10-18-16(21)14-9-13(19-17(22)20-14)15-3-2-8-24-15/h2-9H,10H2,1H3,(H,18,21)(H,19,20,22). The first kappa shape index (κ1) is 15.5. The molecule has 0 saturated carbocycles. The largest absolute Gasteiger partial charge is 0.497 e. The van der Waals surface area contributed by atoms with E-state index in [0.29, 0.717) is 18.0 Å². The van der Waals surface area contributed by atoms with Crippen LogP contribution in [0.15, 0.2) is 57.9 Å². The normalized spacial score (nSPS) is 10.4. The quantitative estimate of drug-likeness (QED) is 0.747. The number of amides is 1. The highest BCUT2D eigenvalue weighted by Gasteiger charge is 2.12. The summed E-state index contributed by atoms with van der Waals surface area (Å²) in [7, 11) is 1.59. The van der Waals surface area contributed by atoms with Gasteiger partial charge in [0.2, 0.25) is 0 Å². The Morgan fingerprint density at radius 3 is 2.75 bits per heavy atom. The molecule has 0 saturated heterocycles. The van der Waals surface area contributed by atoms with Crippen molar-refractivity contribution in [2.75, 3.05) is 7.11 Å². The Morgan fingerprint density at radius 2 is 2.08 bits per heavy atom. The van der Waals surface area contributed by atoms with Crippen molar-refractivity contribution >= 4 is 5.91 Å². The van der Waals surface area contributed by atoms with E-state index in [2.05, 4.69) is 15.3 Å². The van der Waals surface area contributed by atoms with Crippen LogP contribution in [-0.2, 0) is 6.54 Å². The van der Waals surface area contributed by atoms with E-state index in [4.69, 9.17) is 9.15 Å². The van der Waals surface area contributed by atoms with Gasteiger partial charge in [0.25, 0.3) is 5.91 Å². The molecule has 0 spiro atoms. The van der Waals surface area contributed by atoms with Crippen molar-refractivity contribution in [1.29, 1.82) is 0 Å². The molecular weight excluding hydrogens is 310 g/mol. The molecule has 2 heterocycles. The monoisotopic (exact) mass is 325 g/mol. The Labute approximate surface area is 137 Å². The van der Waals surface area contributed by atoms with Crippen LogP contribution in [0.4, 0.5) is 0 Å². The Balaban J connectivity index is 1.73. The molecule has 0 aliphatic carbocycles. The van der Waals surface area contributed by atoms with Crippen LogP contribution in [0.5, 0.6) is 5.75 Å². The van der Waals surface area contributed by atoms with Crippen LogP contribution in [0, 0.1) is 0 Å². The molecule has 7 heteroatoms. The minimum absolute atomic E-state index is 0.0265. The molecule has 7 nitrogen and oxygen atoms in total. The van der Waals surface area contributed by atoms with Crippen LogP contribution >= 0.6 is 0 Å². The summed E-state index contributed by atoms with van der Waals surface area (Å²) < 4.78 is 10.3. The van der Waals surface area contributed by atoms with E-state index in [1.54, 1.807) is 19.2 Å². The average molecular weight is 325 g/mol. The van der Waals surface area contributed by atoms with E-state index in [1.807, 2.05) is 24.3 Å². The van der Waals surface area contributed by atoms with Gasteiger partial charge in [-0.15, -0.1) is 0 Å². The van der Waals surface area contributed by atoms with Crippen LogP contribution in [0.2, 0.25) is 0 Å². The fourth-order valence-corrected chi connectivity index (χ4v) is 2.15. The number of carbonyl (C=O) groups is 1. The second-order valence-corrected chi connectivity index (χ2v) is 4.99. The van der Waals surface area contributed by atoms with Gasteiger partial charge >= 0.3 is 5.69 Å². The summed E-state index contributed by atoms with van der Waals surface area (Å²) in [4.78, 5) is 30.1. The number of benzene rings is 1. The van der Waals surface area contributed by atoms with Crippen molar-refractivity contribution in [3.63, 3.8) is 0 Å². The van der Waals surface area contributed by atoms with Gasteiger partial charge in [-0.3, -0.25) is 4.79 Å². The molecular formula is C17H15N3O4. The van der Waals surface area contributed by atoms with Gasteiger partial charge in [-0.1, -0.05) is 12.1 Å². The molecule has 0 fully saturated rings. The third-order valence-electron chi connectivity index (χ3n) is 3.38. The van der Waals surface area contributed by atoms with Gasteiger partial charge in [-0.2, -0.15) is 4.98 Å². The smallest absolute Gasteiger partial charge is 0.346 e. The minimum atomic E-state index is -0.613. The van der Waals surface area contributed by atoms with Crippen molar-refractivity contribution in [3.8, 4) is 17.2 Å². The van der Waals surface area contributed by atoms with E-state index in [1.165, 1.54) is 12.3 Å². The van der Waals surface area contributed by atoms with Crippen molar-refractivity contribution in [1.82, 2.24) is 15.3 Å². The molecule has 3 aromatic rings. The zero-order valence-electron chi connectivity index (χ0n) is 12.9. The summed E-state index contributed by atoms with van der Waals surface area (Å²) in [6, 6.07) is 12.2. The van der Waals surface area contributed by atoms with E-state index in [0.717, 1.165) is 11.3 Å². The Bertz CT molecular complexity index is 883. The molecule has 0 aliphatic rings. The highest BCUT2D eigenvalue weighted by atomic mass is 16.5. The number of carbonyl (C=O) groups excluding carboxylic acids is 1. The minimum Gasteiger partial charge on any atom is -0.497 e. The molecule has 1 aromatic carbocycles. The van der Waals surface area contributed by atoms with E-state index in [9.17, 15) is 9.59 Å². The molecule has 1 amide bonds. The Hall–Kier alpha value is -3.35. The predicted molar refractivity (Wildman–Crippen MR) is 86.7 cm³/mol. The summed E-state index contributed by atoms with van der Waals surface area (Å²) in [5.41, 5.74) is 0.715. The first-order chi connectivity index (χ1) is 11.7. The van der Waals surface area contributed by atoms with E-state index in [-0.39, 0.29) is 5.69 Å². The first-order valence-electron chi connectivity index (χ1n) is 7.22. The van der Waals surface area contributed by atoms with Crippen LogP contribution < -0.4 is 15.7 Å². The molecule has 0 atom stereocenters. The van der Waals surface area contributed by atoms with Crippen LogP contribution in [-0.4, -0.2) is 23.0 Å². The maximum Gasteiger partial charge on any atom is 0.346 e. The Morgan fingerprint density at radius 1 is 1.29 bits per heavy atom. The Kier molecular flexibility index (Phi) is 4.42.